The molecule has 1 aromatic heterocycles. The third-order valence-electron chi connectivity index (χ3n) is 2.63. The van der Waals surface area contributed by atoms with Crippen molar-refractivity contribution in [1.29, 1.82) is 0 Å². The standard InChI is InChI=1S/C11H9ClFNO2/c1-5-3-7-6(10(13)9(5)12)4-8(11(15)16)14(7)2/h3-4H,1-2H3,(H,15,16). The van der Waals surface area contributed by atoms with Gasteiger partial charge in [-0.2, -0.15) is 0 Å². The van der Waals surface area contributed by atoms with Gasteiger partial charge in [0.2, 0.25) is 0 Å². The number of nitrogens with zero attached hydrogens (tertiary/aromatic N) is 1. The number of carboxylic acids is 1. The molecule has 0 saturated carbocycles. The molecule has 0 aliphatic carbocycles. The van der Waals surface area contributed by atoms with Crippen molar-refractivity contribution in [2.75, 3.05) is 0 Å². The highest BCUT2D eigenvalue weighted by Gasteiger charge is 2.17. The van der Waals surface area contributed by atoms with Gasteiger partial charge in [-0.3, -0.25) is 0 Å². The maximum Gasteiger partial charge on any atom is 0.352 e. The Hall–Kier alpha value is -1.55. The molecule has 0 aliphatic heterocycles. The van der Waals surface area contributed by atoms with Crippen LogP contribution < -0.4 is 0 Å². The van der Waals surface area contributed by atoms with Crippen molar-refractivity contribution >= 4 is 28.5 Å². The summed E-state index contributed by atoms with van der Waals surface area (Å²) in [4.78, 5) is 10.9. The van der Waals surface area contributed by atoms with Gasteiger partial charge in [-0.15, -0.1) is 0 Å². The summed E-state index contributed by atoms with van der Waals surface area (Å²) in [6, 6.07) is 2.96. The van der Waals surface area contributed by atoms with E-state index in [-0.39, 0.29) is 16.1 Å². The van der Waals surface area contributed by atoms with Crippen LogP contribution in [-0.2, 0) is 7.05 Å². The van der Waals surface area contributed by atoms with E-state index in [2.05, 4.69) is 0 Å². The number of carbonyl (C=O) groups is 1. The van der Waals surface area contributed by atoms with E-state index in [0.29, 0.717) is 11.1 Å². The van der Waals surface area contributed by atoms with Crippen LogP contribution in [0.5, 0.6) is 0 Å². The second-order valence-electron chi connectivity index (χ2n) is 3.65. The van der Waals surface area contributed by atoms with E-state index in [0.717, 1.165) is 0 Å². The lowest BCUT2D eigenvalue weighted by molar-refractivity contribution is 0.0687. The number of halogens is 2. The predicted octanol–water partition coefficient (Wildman–Crippen LogP) is 2.98. The fraction of sp³-hybridized carbons (Fsp3) is 0.182. The molecule has 1 aromatic carbocycles. The van der Waals surface area contributed by atoms with E-state index in [1.54, 1.807) is 20.0 Å². The summed E-state index contributed by atoms with van der Waals surface area (Å²) in [6.07, 6.45) is 0. The molecule has 0 amide bonds. The van der Waals surface area contributed by atoms with Crippen LogP contribution in [0.1, 0.15) is 16.1 Å². The molecule has 0 bridgehead atoms. The number of rotatable bonds is 1. The molecule has 2 aromatic rings. The summed E-state index contributed by atoms with van der Waals surface area (Å²) in [5.41, 5.74) is 1.15. The van der Waals surface area contributed by atoms with Gasteiger partial charge in [-0.25, -0.2) is 9.18 Å². The fourth-order valence-electron chi connectivity index (χ4n) is 1.73. The van der Waals surface area contributed by atoms with Crippen molar-refractivity contribution in [3.05, 3.63) is 34.2 Å². The van der Waals surface area contributed by atoms with Gasteiger partial charge >= 0.3 is 5.97 Å². The number of benzene rings is 1. The lowest BCUT2D eigenvalue weighted by atomic mass is 10.1. The summed E-state index contributed by atoms with van der Waals surface area (Å²) in [5.74, 6) is -1.66. The second-order valence-corrected chi connectivity index (χ2v) is 4.03. The molecule has 0 atom stereocenters. The highest BCUT2D eigenvalue weighted by atomic mass is 35.5. The number of hydrogen-bond donors (Lipinski definition) is 1. The van der Waals surface area contributed by atoms with Crippen LogP contribution >= 0.6 is 11.6 Å². The van der Waals surface area contributed by atoms with Gasteiger partial charge in [-0.1, -0.05) is 11.6 Å². The second kappa shape index (κ2) is 3.49. The van der Waals surface area contributed by atoms with Crippen molar-refractivity contribution in [1.82, 2.24) is 4.57 Å². The molecular weight excluding hydrogens is 233 g/mol. The molecular formula is C11H9ClFNO2. The Bertz CT molecular complexity index is 604. The number of carboxylic acid groups (broad SMARTS) is 1. The molecule has 2 rings (SSSR count). The first-order valence-electron chi connectivity index (χ1n) is 4.60. The first-order valence-corrected chi connectivity index (χ1v) is 4.98. The molecule has 1 heterocycles. The zero-order valence-electron chi connectivity index (χ0n) is 8.71. The highest BCUT2D eigenvalue weighted by Crippen LogP contribution is 2.30. The Labute approximate surface area is 96.1 Å². The van der Waals surface area contributed by atoms with Crippen LogP contribution in [0.25, 0.3) is 10.9 Å². The minimum Gasteiger partial charge on any atom is -0.477 e. The third kappa shape index (κ3) is 1.38. The van der Waals surface area contributed by atoms with Crippen LogP contribution in [0, 0.1) is 12.7 Å². The van der Waals surface area contributed by atoms with E-state index < -0.39 is 11.8 Å². The van der Waals surface area contributed by atoms with Gasteiger partial charge in [-0.05, 0) is 24.6 Å². The van der Waals surface area contributed by atoms with Gasteiger partial charge in [0.15, 0.2) is 5.82 Å². The molecule has 5 heteroatoms. The third-order valence-corrected chi connectivity index (χ3v) is 3.09. The van der Waals surface area contributed by atoms with Gasteiger partial charge in [0.25, 0.3) is 0 Å². The Balaban J connectivity index is 2.92. The summed E-state index contributed by atoms with van der Waals surface area (Å²) in [7, 11) is 1.58. The summed E-state index contributed by atoms with van der Waals surface area (Å²) < 4.78 is 15.2. The smallest absolute Gasteiger partial charge is 0.352 e. The maximum absolute atomic E-state index is 13.8. The van der Waals surface area contributed by atoms with E-state index in [4.69, 9.17) is 16.7 Å². The first-order chi connectivity index (χ1) is 7.43. The minimum atomic E-state index is -1.09. The molecule has 16 heavy (non-hydrogen) atoms. The molecule has 1 N–H and O–H groups in total. The summed E-state index contributed by atoms with van der Waals surface area (Å²) in [5, 5.41) is 9.19. The van der Waals surface area contributed by atoms with Crippen LogP contribution in [0.4, 0.5) is 4.39 Å². The van der Waals surface area contributed by atoms with Crippen molar-refractivity contribution in [3.63, 3.8) is 0 Å². The average molecular weight is 242 g/mol. The number of hydrogen-bond acceptors (Lipinski definition) is 1. The predicted molar refractivity (Wildman–Crippen MR) is 59.6 cm³/mol. The Morgan fingerprint density at radius 1 is 1.50 bits per heavy atom. The average Bonchev–Trinajstić information content (AvgIpc) is 2.54. The molecule has 0 fully saturated rings. The number of fused-ring (bicyclic) bond motifs is 1. The summed E-state index contributed by atoms with van der Waals surface area (Å²) >= 11 is 5.77. The topological polar surface area (TPSA) is 42.2 Å². The Morgan fingerprint density at radius 2 is 2.12 bits per heavy atom. The van der Waals surface area contributed by atoms with Gasteiger partial charge < -0.3 is 9.67 Å². The Kier molecular flexibility index (Phi) is 2.39. The molecule has 0 aliphatic rings. The lowest BCUT2D eigenvalue weighted by Crippen LogP contribution is -2.03. The van der Waals surface area contributed by atoms with Crippen LogP contribution in [0.2, 0.25) is 5.02 Å². The van der Waals surface area contributed by atoms with Crippen LogP contribution in [0.3, 0.4) is 0 Å². The molecule has 84 valence electrons. The van der Waals surface area contributed by atoms with Gasteiger partial charge in [0.05, 0.1) is 10.5 Å². The van der Waals surface area contributed by atoms with E-state index >= 15 is 0 Å². The Morgan fingerprint density at radius 3 is 2.69 bits per heavy atom. The van der Waals surface area contributed by atoms with Crippen molar-refractivity contribution in [2.45, 2.75) is 6.92 Å². The zero-order valence-corrected chi connectivity index (χ0v) is 9.47. The number of aromatic nitrogens is 1. The molecule has 0 saturated heterocycles. The molecule has 3 nitrogen and oxygen atoms in total. The number of aryl methyl sites for hydroxylation is 2. The van der Waals surface area contributed by atoms with Crippen molar-refractivity contribution in [2.24, 2.45) is 7.05 Å². The molecule has 0 unspecified atom stereocenters. The van der Waals surface area contributed by atoms with Gasteiger partial charge in [0.1, 0.15) is 5.69 Å². The SMILES string of the molecule is Cc1cc2c(cc(C(=O)O)n2C)c(F)c1Cl. The van der Waals surface area contributed by atoms with Crippen LogP contribution in [0.15, 0.2) is 12.1 Å². The maximum atomic E-state index is 13.8. The van der Waals surface area contributed by atoms with Crippen molar-refractivity contribution < 1.29 is 14.3 Å². The monoisotopic (exact) mass is 241 g/mol. The summed E-state index contributed by atoms with van der Waals surface area (Å²) in [6.45, 7) is 1.68. The minimum absolute atomic E-state index is 0.0371. The quantitative estimate of drug-likeness (QED) is 0.834. The van der Waals surface area contributed by atoms with Crippen LogP contribution in [-0.4, -0.2) is 15.6 Å². The highest BCUT2D eigenvalue weighted by molar-refractivity contribution is 6.32. The van der Waals surface area contributed by atoms with E-state index in [1.165, 1.54) is 10.6 Å². The molecule has 0 spiro atoms. The largest absolute Gasteiger partial charge is 0.477 e. The fourth-order valence-corrected chi connectivity index (χ4v) is 1.89. The van der Waals surface area contributed by atoms with Gasteiger partial charge in [0, 0.05) is 12.4 Å². The number of aromatic carboxylic acids is 1. The van der Waals surface area contributed by atoms with Crippen molar-refractivity contribution in [3.8, 4) is 0 Å². The van der Waals surface area contributed by atoms with E-state index in [9.17, 15) is 9.18 Å². The van der Waals surface area contributed by atoms with E-state index in [1.807, 2.05) is 0 Å². The normalized spacial score (nSPS) is 11.0. The molecule has 0 radical (unpaired) electrons. The lowest BCUT2D eigenvalue weighted by Gasteiger charge is -2.03. The zero-order chi connectivity index (χ0) is 12.0. The first kappa shape index (κ1) is 11.0.